The van der Waals surface area contributed by atoms with Crippen molar-refractivity contribution in [3.05, 3.63) is 47.5 Å². The Labute approximate surface area is 165 Å². The zero-order chi connectivity index (χ0) is 19.6. The lowest BCUT2D eigenvalue weighted by molar-refractivity contribution is 0.473. The third-order valence-electron chi connectivity index (χ3n) is 4.40. The number of aryl methyl sites for hydroxylation is 2. The molecule has 8 heteroatoms. The van der Waals surface area contributed by atoms with Crippen LogP contribution in [0.3, 0.4) is 0 Å². The van der Waals surface area contributed by atoms with Crippen molar-refractivity contribution in [3.8, 4) is 5.75 Å². The first kappa shape index (κ1) is 19.6. The van der Waals surface area contributed by atoms with Gasteiger partial charge in [-0.1, -0.05) is 6.07 Å². The van der Waals surface area contributed by atoms with Crippen molar-refractivity contribution in [2.24, 2.45) is 0 Å². The molecule has 0 unspecified atom stereocenters. The predicted octanol–water partition coefficient (Wildman–Crippen LogP) is 3.60. The highest BCUT2D eigenvalue weighted by atomic mass is 32.2. The summed E-state index contributed by atoms with van der Waals surface area (Å²) in [5.41, 5.74) is 3.27. The fourth-order valence-electron chi connectivity index (χ4n) is 3.18. The van der Waals surface area contributed by atoms with Gasteiger partial charge in [0.2, 0.25) is 10.0 Å². The number of nitrogens with zero attached hydrogens (tertiary/aromatic N) is 1. The molecule has 0 bridgehead atoms. The van der Waals surface area contributed by atoms with Gasteiger partial charge in [0.1, 0.15) is 5.75 Å². The number of sulfonamides is 1. The summed E-state index contributed by atoms with van der Waals surface area (Å²) in [6, 6.07) is 10.2. The van der Waals surface area contributed by atoms with Crippen molar-refractivity contribution in [2.75, 3.05) is 23.7 Å². The monoisotopic (exact) mass is 405 g/mol. The van der Waals surface area contributed by atoms with E-state index in [1.54, 1.807) is 0 Å². The number of benzene rings is 2. The van der Waals surface area contributed by atoms with Gasteiger partial charge in [0.05, 0.1) is 10.6 Å². The highest BCUT2D eigenvalue weighted by Gasteiger charge is 2.27. The van der Waals surface area contributed by atoms with Crippen molar-refractivity contribution >= 4 is 38.7 Å². The molecular weight excluding hydrogens is 382 g/mol. The number of anilines is 2. The van der Waals surface area contributed by atoms with Gasteiger partial charge in [-0.15, -0.1) is 0 Å². The van der Waals surface area contributed by atoms with Gasteiger partial charge in [0, 0.05) is 18.8 Å². The lowest BCUT2D eigenvalue weighted by atomic mass is 10.1. The van der Waals surface area contributed by atoms with Gasteiger partial charge >= 0.3 is 0 Å². The number of phenols is 1. The molecule has 0 radical (unpaired) electrons. The molecule has 3 N–H and O–H groups in total. The van der Waals surface area contributed by atoms with Gasteiger partial charge in [0.25, 0.3) is 0 Å². The van der Waals surface area contributed by atoms with Crippen LogP contribution in [0.2, 0.25) is 0 Å². The number of nitrogens with one attached hydrogen (secondary N) is 2. The van der Waals surface area contributed by atoms with Crippen LogP contribution in [-0.4, -0.2) is 36.0 Å². The molecule has 1 heterocycles. The van der Waals surface area contributed by atoms with Crippen molar-refractivity contribution in [3.63, 3.8) is 0 Å². The molecule has 0 aromatic heterocycles. The van der Waals surface area contributed by atoms with E-state index in [9.17, 15) is 13.5 Å². The van der Waals surface area contributed by atoms with Gasteiger partial charge in [0.15, 0.2) is 5.11 Å². The molecular formula is C19H23N3O3S2. The molecule has 2 aromatic carbocycles. The van der Waals surface area contributed by atoms with E-state index < -0.39 is 10.0 Å². The van der Waals surface area contributed by atoms with E-state index >= 15 is 0 Å². The highest BCUT2D eigenvalue weighted by Crippen LogP contribution is 2.29. The molecule has 1 aliphatic heterocycles. The van der Waals surface area contributed by atoms with E-state index in [-0.39, 0.29) is 21.4 Å². The minimum absolute atomic E-state index is 0.0695. The maximum absolute atomic E-state index is 12.7. The first-order chi connectivity index (χ1) is 12.8. The topological polar surface area (TPSA) is 81.7 Å². The molecule has 0 amide bonds. The second-order valence-electron chi connectivity index (χ2n) is 6.75. The Morgan fingerprint density at radius 1 is 1.04 bits per heavy atom. The smallest absolute Gasteiger partial charge is 0.243 e. The molecule has 0 spiro atoms. The van der Waals surface area contributed by atoms with Crippen LogP contribution in [0.1, 0.15) is 24.0 Å². The van der Waals surface area contributed by atoms with Crippen LogP contribution in [0.25, 0.3) is 0 Å². The molecule has 1 fully saturated rings. The molecule has 1 aliphatic rings. The Hall–Kier alpha value is -2.16. The quantitative estimate of drug-likeness (QED) is 0.533. The first-order valence-corrected chi connectivity index (χ1v) is 10.6. The average molecular weight is 406 g/mol. The fourth-order valence-corrected chi connectivity index (χ4v) is 4.96. The largest absolute Gasteiger partial charge is 0.506 e. The number of hydrogen-bond acceptors (Lipinski definition) is 4. The summed E-state index contributed by atoms with van der Waals surface area (Å²) < 4.78 is 26.9. The van der Waals surface area contributed by atoms with Crippen LogP contribution in [0, 0.1) is 13.8 Å². The summed E-state index contributed by atoms with van der Waals surface area (Å²) in [5.74, 6) is -0.0695. The van der Waals surface area contributed by atoms with Crippen molar-refractivity contribution in [1.29, 1.82) is 0 Å². The number of hydrogen-bond donors (Lipinski definition) is 3. The van der Waals surface area contributed by atoms with E-state index in [0.717, 1.165) is 29.7 Å². The molecule has 6 nitrogen and oxygen atoms in total. The standard InChI is InChI=1S/C19H23N3O3S2/c1-13-9-14(2)11-15(10-13)20-19(26)21-17-12-16(5-6-18(17)23)27(24,25)22-7-3-4-8-22/h5-6,9-12,23H,3-4,7-8H2,1-2H3,(H2,20,21,26). The minimum Gasteiger partial charge on any atom is -0.506 e. The van der Waals surface area contributed by atoms with Crippen molar-refractivity contribution in [1.82, 2.24) is 4.31 Å². The predicted molar refractivity (Wildman–Crippen MR) is 112 cm³/mol. The van der Waals surface area contributed by atoms with Crippen LogP contribution in [-0.2, 0) is 10.0 Å². The minimum atomic E-state index is -3.57. The Morgan fingerprint density at radius 3 is 2.30 bits per heavy atom. The second kappa shape index (κ2) is 7.84. The summed E-state index contributed by atoms with van der Waals surface area (Å²) in [6.07, 6.45) is 1.73. The SMILES string of the molecule is Cc1cc(C)cc(NC(=S)Nc2cc(S(=O)(=O)N3CCCC3)ccc2O)c1. The van der Waals surface area contributed by atoms with E-state index in [0.29, 0.717) is 13.1 Å². The van der Waals surface area contributed by atoms with E-state index in [2.05, 4.69) is 16.7 Å². The first-order valence-electron chi connectivity index (χ1n) is 8.75. The second-order valence-corrected chi connectivity index (χ2v) is 9.09. The molecule has 2 aromatic rings. The molecule has 144 valence electrons. The molecule has 1 saturated heterocycles. The van der Waals surface area contributed by atoms with Crippen LogP contribution in [0.15, 0.2) is 41.3 Å². The summed E-state index contributed by atoms with van der Waals surface area (Å²) in [5, 5.41) is 16.3. The maximum atomic E-state index is 12.7. The number of thiocarbonyl (C=S) groups is 1. The Bertz CT molecular complexity index is 948. The zero-order valence-electron chi connectivity index (χ0n) is 15.3. The summed E-state index contributed by atoms with van der Waals surface area (Å²) in [4.78, 5) is 0.138. The Morgan fingerprint density at radius 2 is 1.67 bits per heavy atom. The third kappa shape index (κ3) is 4.58. The molecule has 3 rings (SSSR count). The van der Waals surface area contributed by atoms with Crippen LogP contribution in [0.4, 0.5) is 11.4 Å². The van der Waals surface area contributed by atoms with Gasteiger partial charge in [-0.3, -0.25) is 0 Å². The highest BCUT2D eigenvalue weighted by molar-refractivity contribution is 7.89. The summed E-state index contributed by atoms with van der Waals surface area (Å²) in [6.45, 7) is 5.04. The van der Waals surface area contributed by atoms with E-state index in [4.69, 9.17) is 12.2 Å². The normalized spacial score (nSPS) is 14.9. The van der Waals surface area contributed by atoms with Gasteiger partial charge < -0.3 is 15.7 Å². The molecule has 0 atom stereocenters. The lowest BCUT2D eigenvalue weighted by Crippen LogP contribution is -2.28. The zero-order valence-corrected chi connectivity index (χ0v) is 17.0. The van der Waals surface area contributed by atoms with E-state index in [1.165, 1.54) is 22.5 Å². The Balaban J connectivity index is 1.79. The van der Waals surface area contributed by atoms with Crippen LogP contribution >= 0.6 is 12.2 Å². The lowest BCUT2D eigenvalue weighted by Gasteiger charge is -2.17. The number of rotatable bonds is 4. The molecule has 0 aliphatic carbocycles. The van der Waals surface area contributed by atoms with Crippen LogP contribution in [0.5, 0.6) is 5.75 Å². The van der Waals surface area contributed by atoms with Crippen molar-refractivity contribution in [2.45, 2.75) is 31.6 Å². The van der Waals surface area contributed by atoms with Gasteiger partial charge in [-0.2, -0.15) is 4.31 Å². The Kier molecular flexibility index (Phi) is 5.69. The summed E-state index contributed by atoms with van der Waals surface area (Å²) in [7, 11) is -3.57. The van der Waals surface area contributed by atoms with Crippen LogP contribution < -0.4 is 10.6 Å². The van der Waals surface area contributed by atoms with E-state index in [1.807, 2.05) is 26.0 Å². The number of aromatic hydroxyl groups is 1. The van der Waals surface area contributed by atoms with Gasteiger partial charge in [-0.25, -0.2) is 8.42 Å². The maximum Gasteiger partial charge on any atom is 0.243 e. The third-order valence-corrected chi connectivity index (χ3v) is 6.50. The molecule has 0 saturated carbocycles. The summed E-state index contributed by atoms with van der Waals surface area (Å²) >= 11 is 5.31. The number of phenolic OH excluding ortho intramolecular Hbond substituents is 1. The molecule has 27 heavy (non-hydrogen) atoms. The van der Waals surface area contributed by atoms with Gasteiger partial charge in [-0.05, 0) is 80.4 Å². The average Bonchev–Trinajstić information content (AvgIpc) is 3.11. The fraction of sp³-hybridized carbons (Fsp3) is 0.316. The van der Waals surface area contributed by atoms with Crippen molar-refractivity contribution < 1.29 is 13.5 Å².